The van der Waals surface area contributed by atoms with E-state index in [1.807, 2.05) is 26.1 Å². The van der Waals surface area contributed by atoms with Gasteiger partial charge >= 0.3 is 0 Å². The molecule has 0 amide bonds. The largest absolute Gasteiger partial charge is 0.490 e. The molecule has 0 aromatic heterocycles. The van der Waals surface area contributed by atoms with Crippen LogP contribution in [0, 0.1) is 0 Å². The van der Waals surface area contributed by atoms with Gasteiger partial charge in [0, 0.05) is 12.1 Å². The van der Waals surface area contributed by atoms with E-state index in [1.54, 1.807) is 0 Å². The number of allylic oxidation sites excluding steroid dienone is 1. The lowest BCUT2D eigenvalue weighted by molar-refractivity contribution is 0.294. The number of benzene rings is 1. The predicted molar refractivity (Wildman–Crippen MR) is 75.3 cm³/mol. The van der Waals surface area contributed by atoms with Gasteiger partial charge in [-0.1, -0.05) is 17.7 Å². The van der Waals surface area contributed by atoms with Crippen molar-refractivity contribution in [2.45, 2.75) is 27.3 Å². The van der Waals surface area contributed by atoms with Gasteiger partial charge in [-0.3, -0.25) is 0 Å². The molecule has 1 aromatic rings. The van der Waals surface area contributed by atoms with Crippen molar-refractivity contribution in [3.63, 3.8) is 0 Å². The fourth-order valence-corrected chi connectivity index (χ4v) is 1.62. The van der Waals surface area contributed by atoms with E-state index in [1.165, 1.54) is 5.57 Å². The van der Waals surface area contributed by atoms with Gasteiger partial charge in [-0.2, -0.15) is 0 Å². The summed E-state index contributed by atoms with van der Waals surface area (Å²) >= 11 is 0. The van der Waals surface area contributed by atoms with Crippen molar-refractivity contribution in [1.82, 2.24) is 5.32 Å². The van der Waals surface area contributed by atoms with Crippen LogP contribution in [0.1, 0.15) is 26.3 Å². The monoisotopic (exact) mass is 249 g/mol. The summed E-state index contributed by atoms with van der Waals surface area (Å²) in [7, 11) is 1.92. The standard InChI is InChI=1S/C15H23NO2/c1-5-17-14-8-6-7-13(11-16-4)15(14)18-10-9-12(2)3/h6-9,16H,5,10-11H2,1-4H3. The molecule has 0 heterocycles. The van der Waals surface area contributed by atoms with Crippen molar-refractivity contribution < 1.29 is 9.47 Å². The second kappa shape index (κ2) is 7.77. The van der Waals surface area contributed by atoms with Gasteiger partial charge in [0.25, 0.3) is 0 Å². The van der Waals surface area contributed by atoms with Crippen LogP contribution in [0.2, 0.25) is 0 Å². The molecule has 18 heavy (non-hydrogen) atoms. The summed E-state index contributed by atoms with van der Waals surface area (Å²) in [6, 6.07) is 5.99. The molecule has 3 heteroatoms. The fourth-order valence-electron chi connectivity index (χ4n) is 1.62. The molecular weight excluding hydrogens is 226 g/mol. The molecular formula is C15H23NO2. The van der Waals surface area contributed by atoms with E-state index >= 15 is 0 Å². The summed E-state index contributed by atoms with van der Waals surface area (Å²) in [5.74, 6) is 1.65. The quantitative estimate of drug-likeness (QED) is 0.753. The maximum atomic E-state index is 5.84. The Balaban J connectivity index is 2.90. The van der Waals surface area contributed by atoms with Crippen LogP contribution in [-0.4, -0.2) is 20.3 Å². The lowest BCUT2D eigenvalue weighted by Crippen LogP contribution is -2.09. The molecule has 100 valence electrons. The van der Waals surface area contributed by atoms with Crippen molar-refractivity contribution in [2.75, 3.05) is 20.3 Å². The molecule has 0 unspecified atom stereocenters. The van der Waals surface area contributed by atoms with E-state index in [0.717, 1.165) is 23.6 Å². The Morgan fingerprint density at radius 2 is 2.06 bits per heavy atom. The molecule has 1 rings (SSSR count). The molecule has 0 bridgehead atoms. The van der Waals surface area contributed by atoms with Gasteiger partial charge in [0.05, 0.1) is 6.61 Å². The number of hydrogen-bond donors (Lipinski definition) is 1. The molecule has 0 saturated heterocycles. The van der Waals surface area contributed by atoms with E-state index < -0.39 is 0 Å². The van der Waals surface area contributed by atoms with Crippen molar-refractivity contribution in [3.8, 4) is 11.5 Å². The van der Waals surface area contributed by atoms with Crippen LogP contribution in [-0.2, 0) is 6.54 Å². The minimum absolute atomic E-state index is 0.573. The lowest BCUT2D eigenvalue weighted by atomic mass is 10.2. The summed E-state index contributed by atoms with van der Waals surface area (Å²) in [5.41, 5.74) is 2.37. The molecule has 0 atom stereocenters. The number of rotatable bonds is 7. The Labute approximate surface area is 110 Å². The Bertz CT molecular complexity index is 371. The summed E-state index contributed by atoms with van der Waals surface area (Å²) in [5, 5.41) is 3.14. The first kappa shape index (κ1) is 14.6. The maximum absolute atomic E-state index is 5.84. The predicted octanol–water partition coefficient (Wildman–Crippen LogP) is 3.15. The van der Waals surface area contributed by atoms with E-state index in [4.69, 9.17) is 9.47 Å². The normalized spacial score (nSPS) is 10.0. The average molecular weight is 249 g/mol. The first-order valence-corrected chi connectivity index (χ1v) is 6.34. The van der Waals surface area contributed by atoms with Gasteiger partial charge < -0.3 is 14.8 Å². The molecule has 0 spiro atoms. The highest BCUT2D eigenvalue weighted by molar-refractivity contribution is 5.46. The Morgan fingerprint density at radius 1 is 1.28 bits per heavy atom. The van der Waals surface area contributed by atoms with Crippen LogP contribution in [0.25, 0.3) is 0 Å². The number of nitrogens with one attached hydrogen (secondary N) is 1. The van der Waals surface area contributed by atoms with Crippen LogP contribution in [0.5, 0.6) is 11.5 Å². The average Bonchev–Trinajstić information content (AvgIpc) is 2.32. The van der Waals surface area contributed by atoms with Gasteiger partial charge in [0.15, 0.2) is 11.5 Å². The molecule has 0 aliphatic heterocycles. The van der Waals surface area contributed by atoms with Crippen molar-refractivity contribution >= 4 is 0 Å². The Morgan fingerprint density at radius 3 is 2.67 bits per heavy atom. The smallest absolute Gasteiger partial charge is 0.166 e. The third-order valence-corrected chi connectivity index (χ3v) is 2.45. The Hall–Kier alpha value is -1.48. The van der Waals surface area contributed by atoms with Gasteiger partial charge in [0.1, 0.15) is 6.61 Å². The minimum atomic E-state index is 0.573. The van der Waals surface area contributed by atoms with E-state index in [2.05, 4.69) is 31.3 Å². The van der Waals surface area contributed by atoms with Gasteiger partial charge in [0.2, 0.25) is 0 Å². The molecule has 1 N–H and O–H groups in total. The molecule has 3 nitrogen and oxygen atoms in total. The molecule has 0 saturated carbocycles. The van der Waals surface area contributed by atoms with Crippen LogP contribution in [0.15, 0.2) is 29.8 Å². The van der Waals surface area contributed by atoms with Gasteiger partial charge in [-0.05, 0) is 40.0 Å². The first-order chi connectivity index (χ1) is 8.69. The van der Waals surface area contributed by atoms with Gasteiger partial charge in [-0.25, -0.2) is 0 Å². The topological polar surface area (TPSA) is 30.5 Å². The van der Waals surface area contributed by atoms with Crippen molar-refractivity contribution in [3.05, 3.63) is 35.4 Å². The Kier molecular flexibility index (Phi) is 6.29. The maximum Gasteiger partial charge on any atom is 0.166 e. The fraction of sp³-hybridized carbons (Fsp3) is 0.467. The highest BCUT2D eigenvalue weighted by atomic mass is 16.5. The highest BCUT2D eigenvalue weighted by Gasteiger charge is 2.09. The highest BCUT2D eigenvalue weighted by Crippen LogP contribution is 2.31. The molecule has 0 fully saturated rings. The van der Waals surface area contributed by atoms with Gasteiger partial charge in [-0.15, -0.1) is 0 Å². The van der Waals surface area contributed by atoms with Crippen LogP contribution >= 0.6 is 0 Å². The van der Waals surface area contributed by atoms with Crippen LogP contribution in [0.4, 0.5) is 0 Å². The SMILES string of the molecule is CCOc1cccc(CNC)c1OCC=C(C)C. The molecule has 0 aliphatic rings. The number of ether oxygens (including phenoxy) is 2. The zero-order valence-corrected chi connectivity index (χ0v) is 11.7. The summed E-state index contributed by atoms with van der Waals surface area (Å²) in [6.07, 6.45) is 2.06. The van der Waals surface area contributed by atoms with Crippen molar-refractivity contribution in [1.29, 1.82) is 0 Å². The number of para-hydroxylation sites is 1. The molecule has 0 radical (unpaired) electrons. The third kappa shape index (κ3) is 4.41. The van der Waals surface area contributed by atoms with E-state index in [9.17, 15) is 0 Å². The summed E-state index contributed by atoms with van der Waals surface area (Å²) < 4.78 is 11.5. The lowest BCUT2D eigenvalue weighted by Gasteiger charge is -2.15. The second-order valence-corrected chi connectivity index (χ2v) is 4.30. The minimum Gasteiger partial charge on any atom is -0.490 e. The second-order valence-electron chi connectivity index (χ2n) is 4.30. The summed E-state index contributed by atoms with van der Waals surface area (Å²) in [6.45, 7) is 8.08. The number of hydrogen-bond acceptors (Lipinski definition) is 3. The molecule has 1 aromatic carbocycles. The first-order valence-electron chi connectivity index (χ1n) is 6.34. The van der Waals surface area contributed by atoms with Crippen LogP contribution < -0.4 is 14.8 Å². The third-order valence-electron chi connectivity index (χ3n) is 2.45. The zero-order valence-electron chi connectivity index (χ0n) is 11.7. The van der Waals surface area contributed by atoms with E-state index in [0.29, 0.717) is 13.2 Å². The van der Waals surface area contributed by atoms with E-state index in [-0.39, 0.29) is 0 Å². The molecule has 0 aliphatic carbocycles. The summed E-state index contributed by atoms with van der Waals surface area (Å²) in [4.78, 5) is 0. The zero-order chi connectivity index (χ0) is 13.4. The van der Waals surface area contributed by atoms with Crippen molar-refractivity contribution in [2.24, 2.45) is 0 Å². The van der Waals surface area contributed by atoms with Crippen LogP contribution in [0.3, 0.4) is 0 Å².